The summed E-state index contributed by atoms with van der Waals surface area (Å²) in [5, 5.41) is 9.77. The van der Waals surface area contributed by atoms with E-state index in [1.807, 2.05) is 0 Å². The van der Waals surface area contributed by atoms with Crippen LogP contribution in [0.4, 0.5) is 8.78 Å². The molecule has 1 saturated heterocycles. The second kappa shape index (κ2) is 5.70. The highest BCUT2D eigenvalue weighted by Gasteiger charge is 2.60. The van der Waals surface area contributed by atoms with Gasteiger partial charge in [0.1, 0.15) is 17.8 Å². The fourth-order valence-electron chi connectivity index (χ4n) is 2.09. The van der Waals surface area contributed by atoms with Crippen molar-refractivity contribution >= 4 is 5.84 Å². The lowest BCUT2D eigenvalue weighted by atomic mass is 10.1. The molecule has 2 heterocycles. The van der Waals surface area contributed by atoms with Crippen molar-refractivity contribution in [3.8, 4) is 0 Å². The molecule has 0 saturated carbocycles. The maximum absolute atomic E-state index is 14.2. The second-order valence-electron chi connectivity index (χ2n) is 5.20. The molecule has 0 unspecified atom stereocenters. The van der Waals surface area contributed by atoms with Gasteiger partial charge in [0.2, 0.25) is 6.23 Å². The Morgan fingerprint density at radius 3 is 2.86 bits per heavy atom. The van der Waals surface area contributed by atoms with Crippen molar-refractivity contribution in [2.45, 2.75) is 44.3 Å². The number of hydrogen-bond donors (Lipinski definition) is 2. The summed E-state index contributed by atoms with van der Waals surface area (Å²) in [6.07, 6.45) is -2.28. The summed E-state index contributed by atoms with van der Waals surface area (Å²) in [5.41, 5.74) is 5.47. The highest BCUT2D eigenvalue weighted by molar-refractivity contribution is 5.92. The number of rotatable bonds is 4. The van der Waals surface area contributed by atoms with Crippen LogP contribution in [0.15, 0.2) is 29.7 Å². The Labute approximate surface area is 121 Å². The standard InChI is InChI=1S/C13H19F2N3O3/c1-7(2)20-6-9-11(19)13(14,15)12(21-9)18-5-4-10(16)17-8(18)3/h4-5,7,9,11-12,19H,3,6H2,1-2H3,(H2,16,17)/t9-,11+,12-/m1/s1. The van der Waals surface area contributed by atoms with Crippen molar-refractivity contribution in [2.24, 2.45) is 10.7 Å². The first kappa shape index (κ1) is 15.9. The van der Waals surface area contributed by atoms with Crippen LogP contribution in [0.1, 0.15) is 13.8 Å². The summed E-state index contributed by atoms with van der Waals surface area (Å²) in [6, 6.07) is 0. The molecule has 118 valence electrons. The molecule has 6 nitrogen and oxygen atoms in total. The van der Waals surface area contributed by atoms with E-state index in [9.17, 15) is 13.9 Å². The lowest BCUT2D eigenvalue weighted by molar-refractivity contribution is -0.149. The van der Waals surface area contributed by atoms with E-state index in [0.717, 1.165) is 4.90 Å². The van der Waals surface area contributed by atoms with Gasteiger partial charge >= 0.3 is 5.92 Å². The molecule has 2 aliphatic rings. The zero-order chi connectivity index (χ0) is 15.8. The van der Waals surface area contributed by atoms with Gasteiger partial charge in [-0.3, -0.25) is 0 Å². The number of hydrogen-bond acceptors (Lipinski definition) is 6. The second-order valence-corrected chi connectivity index (χ2v) is 5.20. The molecule has 1 fully saturated rings. The number of nitrogens with zero attached hydrogens (tertiary/aromatic N) is 2. The lowest BCUT2D eigenvalue weighted by Gasteiger charge is -2.31. The van der Waals surface area contributed by atoms with E-state index in [1.165, 1.54) is 12.3 Å². The van der Waals surface area contributed by atoms with E-state index in [4.69, 9.17) is 15.2 Å². The fourth-order valence-corrected chi connectivity index (χ4v) is 2.09. The van der Waals surface area contributed by atoms with Crippen molar-refractivity contribution in [3.63, 3.8) is 0 Å². The van der Waals surface area contributed by atoms with Gasteiger partial charge in [0, 0.05) is 6.20 Å². The first-order valence-electron chi connectivity index (χ1n) is 6.56. The molecule has 8 heteroatoms. The minimum atomic E-state index is -3.49. The van der Waals surface area contributed by atoms with Crippen LogP contribution < -0.4 is 5.73 Å². The van der Waals surface area contributed by atoms with Gasteiger partial charge in [-0.25, -0.2) is 4.99 Å². The Hall–Kier alpha value is -1.51. The molecule has 0 aliphatic carbocycles. The SMILES string of the molecule is C=C1N=C(N)C=CN1[C@@H]1O[C@H](COC(C)C)[C@H](O)C1(F)F. The van der Waals surface area contributed by atoms with Crippen LogP contribution in [-0.4, -0.2) is 52.9 Å². The average molecular weight is 303 g/mol. The summed E-state index contributed by atoms with van der Waals surface area (Å²) in [6.45, 7) is 6.97. The Balaban J connectivity index is 2.13. The van der Waals surface area contributed by atoms with Crippen LogP contribution in [-0.2, 0) is 9.47 Å². The minimum absolute atomic E-state index is 0.0253. The van der Waals surface area contributed by atoms with E-state index in [1.54, 1.807) is 13.8 Å². The van der Waals surface area contributed by atoms with Gasteiger partial charge in [-0.2, -0.15) is 8.78 Å². The molecule has 21 heavy (non-hydrogen) atoms. The highest BCUT2D eigenvalue weighted by Crippen LogP contribution is 2.40. The predicted molar refractivity (Wildman–Crippen MR) is 72.4 cm³/mol. The molecule has 3 atom stereocenters. The maximum Gasteiger partial charge on any atom is 0.320 e. The third-order valence-electron chi connectivity index (χ3n) is 3.19. The number of ether oxygens (including phenoxy) is 2. The molecule has 2 rings (SSSR count). The summed E-state index contributed by atoms with van der Waals surface area (Å²) < 4.78 is 38.9. The molecule has 2 aliphatic heterocycles. The van der Waals surface area contributed by atoms with Crippen LogP contribution in [0.2, 0.25) is 0 Å². The third-order valence-corrected chi connectivity index (χ3v) is 3.19. The molecule has 0 amide bonds. The lowest BCUT2D eigenvalue weighted by Crippen LogP contribution is -2.47. The van der Waals surface area contributed by atoms with Crippen LogP contribution >= 0.6 is 0 Å². The van der Waals surface area contributed by atoms with Gasteiger partial charge in [-0.05, 0) is 19.9 Å². The molecule has 3 N–H and O–H groups in total. The van der Waals surface area contributed by atoms with E-state index >= 15 is 0 Å². The first-order valence-corrected chi connectivity index (χ1v) is 6.56. The molecule has 0 aromatic carbocycles. The van der Waals surface area contributed by atoms with E-state index in [2.05, 4.69) is 11.6 Å². The molecular formula is C13H19F2N3O3. The smallest absolute Gasteiger partial charge is 0.320 e. The normalized spacial score (nSPS) is 31.9. The fraction of sp³-hybridized carbons (Fsp3) is 0.615. The summed E-state index contributed by atoms with van der Waals surface area (Å²) in [7, 11) is 0. The number of nitrogens with two attached hydrogens (primary N) is 1. The summed E-state index contributed by atoms with van der Waals surface area (Å²) in [5.74, 6) is -3.30. The van der Waals surface area contributed by atoms with Crippen LogP contribution in [0.25, 0.3) is 0 Å². The van der Waals surface area contributed by atoms with Crippen molar-refractivity contribution in [1.29, 1.82) is 0 Å². The van der Waals surface area contributed by atoms with Crippen molar-refractivity contribution in [3.05, 3.63) is 24.7 Å². The molecule has 0 bridgehead atoms. The molecule has 0 radical (unpaired) electrons. The van der Waals surface area contributed by atoms with Crippen LogP contribution in [0.3, 0.4) is 0 Å². The topological polar surface area (TPSA) is 80.3 Å². The maximum atomic E-state index is 14.2. The number of aliphatic imine (C=N–C) groups is 1. The molecular weight excluding hydrogens is 284 g/mol. The van der Waals surface area contributed by atoms with Gasteiger partial charge in [0.25, 0.3) is 0 Å². The van der Waals surface area contributed by atoms with Gasteiger partial charge in [-0.1, -0.05) is 6.58 Å². The summed E-state index contributed by atoms with van der Waals surface area (Å²) >= 11 is 0. The zero-order valence-corrected chi connectivity index (χ0v) is 11.9. The quantitative estimate of drug-likeness (QED) is 0.802. The van der Waals surface area contributed by atoms with E-state index < -0.39 is 24.4 Å². The van der Waals surface area contributed by atoms with Crippen molar-refractivity contribution in [1.82, 2.24) is 4.90 Å². The number of halogens is 2. The van der Waals surface area contributed by atoms with Gasteiger partial charge < -0.3 is 25.2 Å². The Morgan fingerprint density at radius 1 is 1.62 bits per heavy atom. The number of amidine groups is 1. The van der Waals surface area contributed by atoms with Crippen molar-refractivity contribution in [2.75, 3.05) is 6.61 Å². The van der Waals surface area contributed by atoms with Crippen LogP contribution in [0.5, 0.6) is 0 Å². The predicted octanol–water partition coefficient (Wildman–Crippen LogP) is 0.790. The molecule has 0 aromatic rings. The largest absolute Gasteiger partial charge is 0.384 e. The minimum Gasteiger partial charge on any atom is -0.384 e. The Morgan fingerprint density at radius 2 is 2.29 bits per heavy atom. The van der Waals surface area contributed by atoms with Crippen molar-refractivity contribution < 1.29 is 23.4 Å². The summed E-state index contributed by atoms with van der Waals surface area (Å²) in [4.78, 5) is 4.86. The Kier molecular flexibility index (Phi) is 4.31. The number of aliphatic hydroxyl groups excluding tert-OH is 1. The molecule has 0 spiro atoms. The third kappa shape index (κ3) is 3.07. The first-order chi connectivity index (χ1) is 9.73. The van der Waals surface area contributed by atoms with Gasteiger partial charge in [-0.15, -0.1) is 0 Å². The van der Waals surface area contributed by atoms with Gasteiger partial charge in [0.05, 0.1) is 12.7 Å². The van der Waals surface area contributed by atoms with Gasteiger partial charge in [0.15, 0.2) is 6.10 Å². The Bertz CT molecular complexity index is 479. The highest BCUT2D eigenvalue weighted by atomic mass is 19.3. The van der Waals surface area contributed by atoms with E-state index in [-0.39, 0.29) is 24.4 Å². The monoisotopic (exact) mass is 303 g/mol. The number of alkyl halides is 2. The molecule has 0 aromatic heterocycles. The van der Waals surface area contributed by atoms with E-state index in [0.29, 0.717) is 0 Å². The zero-order valence-electron chi connectivity index (χ0n) is 11.9. The average Bonchev–Trinajstić information content (AvgIpc) is 2.60. The van der Waals surface area contributed by atoms with Crippen LogP contribution in [0, 0.1) is 0 Å². The number of aliphatic hydroxyl groups is 1.